The van der Waals surface area contributed by atoms with Crippen LogP contribution < -0.4 is 20.3 Å². The van der Waals surface area contributed by atoms with Crippen LogP contribution in [0.1, 0.15) is 10.4 Å². The van der Waals surface area contributed by atoms with Crippen LogP contribution in [0.3, 0.4) is 0 Å². The molecule has 0 saturated carbocycles. The Morgan fingerprint density at radius 2 is 1.84 bits per heavy atom. The minimum Gasteiger partial charge on any atom is -0.493 e. The quantitative estimate of drug-likeness (QED) is 0.783. The second-order valence-corrected chi connectivity index (χ2v) is 4.37. The summed E-state index contributed by atoms with van der Waals surface area (Å²) in [5.41, 5.74) is 5.00. The van der Waals surface area contributed by atoms with Crippen LogP contribution >= 0.6 is 11.8 Å². The van der Waals surface area contributed by atoms with Gasteiger partial charge in [-0.05, 0) is 24.5 Å². The molecule has 0 radical (unpaired) electrons. The van der Waals surface area contributed by atoms with E-state index in [-0.39, 0.29) is 11.7 Å². The lowest BCUT2D eigenvalue weighted by Crippen LogP contribution is -2.42. The van der Waals surface area contributed by atoms with Crippen LogP contribution in [0.15, 0.2) is 18.2 Å². The Hall–Kier alpha value is -1.89. The monoisotopic (exact) mass is 284 g/mol. The third-order valence-electron chi connectivity index (χ3n) is 2.24. The molecule has 0 atom stereocenters. The molecule has 0 heterocycles. The van der Waals surface area contributed by atoms with Crippen LogP contribution in [0.4, 0.5) is 0 Å². The van der Waals surface area contributed by atoms with Crippen LogP contribution in [0.25, 0.3) is 0 Å². The molecule has 1 aromatic rings. The summed E-state index contributed by atoms with van der Waals surface area (Å²) in [5.74, 6) is 0.583. The molecular formula is C12H16N2O4S. The Labute approximate surface area is 115 Å². The van der Waals surface area contributed by atoms with Gasteiger partial charge in [0.15, 0.2) is 11.5 Å². The number of carbonyl (C=O) groups is 2. The average Bonchev–Trinajstić information content (AvgIpc) is 2.44. The van der Waals surface area contributed by atoms with Crippen LogP contribution in [-0.2, 0) is 4.79 Å². The second-order valence-electron chi connectivity index (χ2n) is 3.51. The van der Waals surface area contributed by atoms with Crippen LogP contribution in [0.2, 0.25) is 0 Å². The van der Waals surface area contributed by atoms with E-state index < -0.39 is 5.91 Å². The third kappa shape index (κ3) is 4.36. The minimum absolute atomic E-state index is 0.263. The van der Waals surface area contributed by atoms with Crippen molar-refractivity contribution >= 4 is 23.6 Å². The standard InChI is InChI=1S/C12H16N2O4S/c1-17-9-5-4-8(6-10(9)18-2)12(16)14-13-11(15)7-19-3/h4-6H,7H2,1-3H3,(H,13,15)(H,14,16). The lowest BCUT2D eigenvalue weighted by atomic mass is 10.2. The van der Waals surface area contributed by atoms with Crippen molar-refractivity contribution in [2.24, 2.45) is 0 Å². The van der Waals surface area contributed by atoms with Gasteiger partial charge < -0.3 is 9.47 Å². The number of hydrogen-bond donors (Lipinski definition) is 2. The summed E-state index contributed by atoms with van der Waals surface area (Å²) < 4.78 is 10.2. The third-order valence-corrected chi connectivity index (χ3v) is 2.79. The Morgan fingerprint density at radius 1 is 1.16 bits per heavy atom. The Balaban J connectivity index is 2.69. The van der Waals surface area contributed by atoms with Crippen molar-refractivity contribution in [3.63, 3.8) is 0 Å². The molecule has 0 bridgehead atoms. The highest BCUT2D eigenvalue weighted by atomic mass is 32.2. The number of nitrogens with one attached hydrogen (secondary N) is 2. The van der Waals surface area contributed by atoms with Crippen molar-refractivity contribution < 1.29 is 19.1 Å². The number of methoxy groups -OCH3 is 2. The summed E-state index contributed by atoms with van der Waals surface area (Å²) in [5, 5.41) is 0. The summed E-state index contributed by atoms with van der Waals surface area (Å²) in [6.07, 6.45) is 1.80. The molecule has 104 valence electrons. The molecule has 2 N–H and O–H groups in total. The van der Waals surface area contributed by atoms with E-state index in [1.807, 2.05) is 0 Å². The van der Waals surface area contributed by atoms with Gasteiger partial charge in [0, 0.05) is 5.56 Å². The molecule has 6 nitrogen and oxygen atoms in total. The van der Waals surface area contributed by atoms with Gasteiger partial charge in [0.1, 0.15) is 0 Å². The zero-order chi connectivity index (χ0) is 14.3. The molecule has 0 aliphatic carbocycles. The van der Waals surface area contributed by atoms with Gasteiger partial charge >= 0.3 is 0 Å². The van der Waals surface area contributed by atoms with Gasteiger partial charge in [-0.2, -0.15) is 11.8 Å². The molecule has 7 heteroatoms. The van der Waals surface area contributed by atoms with Gasteiger partial charge in [0.2, 0.25) is 5.91 Å². The molecule has 0 aliphatic heterocycles. The maximum atomic E-state index is 11.8. The van der Waals surface area contributed by atoms with Crippen molar-refractivity contribution in [2.45, 2.75) is 0 Å². The SMILES string of the molecule is COc1ccc(C(=O)NNC(=O)CSC)cc1OC. The zero-order valence-corrected chi connectivity index (χ0v) is 11.8. The highest BCUT2D eigenvalue weighted by molar-refractivity contribution is 7.99. The molecule has 2 amide bonds. The fourth-order valence-corrected chi connectivity index (χ4v) is 1.68. The van der Waals surface area contributed by atoms with E-state index in [2.05, 4.69) is 10.9 Å². The number of ether oxygens (including phenoxy) is 2. The van der Waals surface area contributed by atoms with Gasteiger partial charge in [-0.25, -0.2) is 0 Å². The Morgan fingerprint density at radius 3 is 2.42 bits per heavy atom. The second kappa shape index (κ2) is 7.52. The van der Waals surface area contributed by atoms with E-state index >= 15 is 0 Å². The summed E-state index contributed by atoms with van der Waals surface area (Å²) in [4.78, 5) is 23.0. The fourth-order valence-electron chi connectivity index (χ4n) is 1.34. The van der Waals surface area contributed by atoms with Crippen molar-refractivity contribution in [3.8, 4) is 11.5 Å². The van der Waals surface area contributed by atoms with E-state index in [0.717, 1.165) is 0 Å². The summed E-state index contributed by atoms with van der Waals surface area (Å²) in [7, 11) is 3.00. The molecule has 0 saturated heterocycles. The van der Waals surface area contributed by atoms with Crippen LogP contribution in [0, 0.1) is 0 Å². The average molecular weight is 284 g/mol. The van der Waals surface area contributed by atoms with Crippen molar-refractivity contribution in [2.75, 3.05) is 26.2 Å². The van der Waals surface area contributed by atoms with Gasteiger partial charge in [-0.15, -0.1) is 0 Å². The predicted molar refractivity (Wildman–Crippen MR) is 73.5 cm³/mol. The Kier molecular flexibility index (Phi) is 6.01. The smallest absolute Gasteiger partial charge is 0.269 e. The van der Waals surface area contributed by atoms with E-state index in [1.54, 1.807) is 18.4 Å². The molecule has 0 aromatic heterocycles. The predicted octanol–water partition coefficient (Wildman–Crippen LogP) is 0.828. The number of benzene rings is 1. The number of thioether (sulfide) groups is 1. The number of carbonyl (C=O) groups excluding carboxylic acids is 2. The summed E-state index contributed by atoms with van der Waals surface area (Å²) >= 11 is 1.37. The van der Waals surface area contributed by atoms with E-state index in [0.29, 0.717) is 17.1 Å². The van der Waals surface area contributed by atoms with Crippen molar-refractivity contribution in [1.82, 2.24) is 10.9 Å². The van der Waals surface area contributed by atoms with Gasteiger partial charge in [-0.1, -0.05) is 0 Å². The maximum Gasteiger partial charge on any atom is 0.269 e. The molecule has 0 aliphatic rings. The first-order chi connectivity index (χ1) is 9.12. The van der Waals surface area contributed by atoms with E-state index in [1.165, 1.54) is 32.0 Å². The van der Waals surface area contributed by atoms with Gasteiger partial charge in [0.05, 0.1) is 20.0 Å². The highest BCUT2D eigenvalue weighted by Crippen LogP contribution is 2.27. The zero-order valence-electron chi connectivity index (χ0n) is 11.0. The minimum atomic E-state index is -0.421. The Bertz CT molecular complexity index is 465. The first kappa shape index (κ1) is 15.2. The lowest BCUT2D eigenvalue weighted by Gasteiger charge is -2.10. The van der Waals surface area contributed by atoms with E-state index in [9.17, 15) is 9.59 Å². The molecule has 1 aromatic carbocycles. The topological polar surface area (TPSA) is 76.7 Å². The fraction of sp³-hybridized carbons (Fsp3) is 0.333. The lowest BCUT2D eigenvalue weighted by molar-refractivity contribution is -0.119. The largest absolute Gasteiger partial charge is 0.493 e. The molecular weight excluding hydrogens is 268 g/mol. The molecule has 19 heavy (non-hydrogen) atoms. The first-order valence-corrected chi connectivity index (χ1v) is 6.82. The molecule has 0 unspecified atom stereocenters. The van der Waals surface area contributed by atoms with Gasteiger partial charge in [-0.3, -0.25) is 20.4 Å². The number of hydrazine groups is 1. The van der Waals surface area contributed by atoms with Gasteiger partial charge in [0.25, 0.3) is 5.91 Å². The normalized spacial score (nSPS) is 9.63. The number of amides is 2. The van der Waals surface area contributed by atoms with Crippen LogP contribution in [0.5, 0.6) is 11.5 Å². The molecule has 1 rings (SSSR count). The first-order valence-electron chi connectivity index (χ1n) is 5.42. The summed E-state index contributed by atoms with van der Waals surface area (Å²) in [6.45, 7) is 0. The maximum absolute atomic E-state index is 11.8. The van der Waals surface area contributed by atoms with Crippen molar-refractivity contribution in [1.29, 1.82) is 0 Å². The highest BCUT2D eigenvalue weighted by Gasteiger charge is 2.11. The number of hydrogen-bond acceptors (Lipinski definition) is 5. The van der Waals surface area contributed by atoms with E-state index in [4.69, 9.17) is 9.47 Å². The summed E-state index contributed by atoms with van der Waals surface area (Å²) in [6, 6.07) is 4.74. The van der Waals surface area contributed by atoms with Crippen LogP contribution in [-0.4, -0.2) is 38.0 Å². The molecule has 0 fully saturated rings. The molecule has 0 spiro atoms. The van der Waals surface area contributed by atoms with Crippen molar-refractivity contribution in [3.05, 3.63) is 23.8 Å². The number of rotatable bonds is 5.